The average molecular weight is 219 g/mol. The monoisotopic (exact) mass is 219 g/mol. The summed E-state index contributed by atoms with van der Waals surface area (Å²) in [6, 6.07) is 0. The van der Waals surface area contributed by atoms with Gasteiger partial charge in [-0.3, -0.25) is 4.79 Å². The van der Waals surface area contributed by atoms with Gasteiger partial charge >= 0.3 is 0 Å². The van der Waals surface area contributed by atoms with Crippen LogP contribution in [0.1, 0.15) is 6.92 Å². The minimum Gasteiger partial charge on any atom is -0.378 e. The largest absolute Gasteiger partial charge is 0.378 e. The SMILES string of the molecule is CNCCOCCOCCOCC(C)=O. The van der Waals surface area contributed by atoms with E-state index in [1.807, 2.05) is 7.05 Å². The lowest BCUT2D eigenvalue weighted by molar-refractivity contribution is -0.122. The summed E-state index contributed by atoms with van der Waals surface area (Å²) >= 11 is 0. The van der Waals surface area contributed by atoms with Crippen molar-refractivity contribution in [1.29, 1.82) is 0 Å². The first-order valence-corrected chi connectivity index (χ1v) is 5.14. The fraction of sp³-hybridized carbons (Fsp3) is 0.900. The second kappa shape index (κ2) is 11.6. The van der Waals surface area contributed by atoms with Crippen molar-refractivity contribution in [2.45, 2.75) is 6.92 Å². The summed E-state index contributed by atoms with van der Waals surface area (Å²) in [4.78, 5) is 10.5. The number of nitrogens with one attached hydrogen (secondary N) is 1. The van der Waals surface area contributed by atoms with Gasteiger partial charge in [-0.15, -0.1) is 0 Å². The van der Waals surface area contributed by atoms with Crippen LogP contribution in [0.25, 0.3) is 0 Å². The van der Waals surface area contributed by atoms with Crippen molar-refractivity contribution in [2.75, 3.05) is 53.2 Å². The Morgan fingerprint density at radius 2 is 1.53 bits per heavy atom. The Hall–Kier alpha value is -0.490. The molecule has 5 nitrogen and oxygen atoms in total. The number of ether oxygens (including phenoxy) is 3. The molecule has 1 N–H and O–H groups in total. The number of hydrogen-bond donors (Lipinski definition) is 1. The first-order chi connectivity index (χ1) is 7.27. The predicted octanol–water partition coefficient (Wildman–Crippen LogP) is -0.155. The molecular formula is C10H21NO4. The van der Waals surface area contributed by atoms with E-state index in [-0.39, 0.29) is 12.4 Å². The second-order valence-corrected chi connectivity index (χ2v) is 3.08. The van der Waals surface area contributed by atoms with E-state index in [4.69, 9.17) is 14.2 Å². The van der Waals surface area contributed by atoms with Crippen LogP contribution >= 0.6 is 0 Å². The van der Waals surface area contributed by atoms with Gasteiger partial charge in [0.2, 0.25) is 0 Å². The maximum Gasteiger partial charge on any atom is 0.155 e. The maximum absolute atomic E-state index is 10.5. The summed E-state index contributed by atoms with van der Waals surface area (Å²) in [6.07, 6.45) is 0. The number of hydrogen-bond acceptors (Lipinski definition) is 5. The summed E-state index contributed by atoms with van der Waals surface area (Å²) in [5, 5.41) is 2.98. The molecule has 0 aromatic rings. The highest BCUT2D eigenvalue weighted by molar-refractivity contribution is 5.76. The third kappa shape index (κ3) is 13.5. The van der Waals surface area contributed by atoms with Crippen LogP contribution in [0.3, 0.4) is 0 Å². The Morgan fingerprint density at radius 3 is 2.07 bits per heavy atom. The van der Waals surface area contributed by atoms with E-state index < -0.39 is 0 Å². The molecule has 0 aromatic heterocycles. The predicted molar refractivity (Wildman–Crippen MR) is 57.1 cm³/mol. The normalized spacial score (nSPS) is 10.5. The summed E-state index contributed by atoms with van der Waals surface area (Å²) in [5.41, 5.74) is 0. The van der Waals surface area contributed by atoms with Crippen molar-refractivity contribution in [3.8, 4) is 0 Å². The molecule has 0 saturated heterocycles. The van der Waals surface area contributed by atoms with Crippen LogP contribution in [-0.2, 0) is 19.0 Å². The van der Waals surface area contributed by atoms with Gasteiger partial charge in [-0.05, 0) is 14.0 Å². The van der Waals surface area contributed by atoms with Gasteiger partial charge in [0, 0.05) is 6.54 Å². The summed E-state index contributed by atoms with van der Waals surface area (Å²) in [6.45, 7) is 5.32. The van der Waals surface area contributed by atoms with E-state index >= 15 is 0 Å². The Balaban J connectivity index is 2.89. The van der Waals surface area contributed by atoms with Gasteiger partial charge in [0.15, 0.2) is 5.78 Å². The summed E-state index contributed by atoms with van der Waals surface area (Å²) < 4.78 is 15.5. The minimum absolute atomic E-state index is 0.0328. The van der Waals surface area contributed by atoms with Crippen molar-refractivity contribution in [1.82, 2.24) is 5.32 Å². The zero-order valence-electron chi connectivity index (χ0n) is 9.58. The zero-order valence-corrected chi connectivity index (χ0v) is 9.58. The van der Waals surface area contributed by atoms with Crippen LogP contribution in [0.5, 0.6) is 0 Å². The van der Waals surface area contributed by atoms with E-state index in [0.29, 0.717) is 33.0 Å². The van der Waals surface area contributed by atoms with Gasteiger partial charge in [0.1, 0.15) is 6.61 Å². The fourth-order valence-corrected chi connectivity index (χ4v) is 0.830. The summed E-state index contributed by atoms with van der Waals surface area (Å²) in [7, 11) is 1.88. The molecule has 0 heterocycles. The van der Waals surface area contributed by atoms with E-state index in [2.05, 4.69) is 5.32 Å². The molecule has 0 amide bonds. The molecule has 0 radical (unpaired) electrons. The quantitative estimate of drug-likeness (QED) is 0.490. The zero-order chi connectivity index (χ0) is 11.4. The van der Waals surface area contributed by atoms with Gasteiger partial charge in [-0.2, -0.15) is 0 Å². The van der Waals surface area contributed by atoms with Crippen molar-refractivity contribution in [3.63, 3.8) is 0 Å². The van der Waals surface area contributed by atoms with Crippen molar-refractivity contribution in [2.24, 2.45) is 0 Å². The lowest BCUT2D eigenvalue weighted by Gasteiger charge is -2.05. The van der Waals surface area contributed by atoms with E-state index in [0.717, 1.165) is 6.54 Å². The Kier molecular flexibility index (Phi) is 11.2. The van der Waals surface area contributed by atoms with Crippen molar-refractivity contribution in [3.05, 3.63) is 0 Å². The summed E-state index contributed by atoms with van der Waals surface area (Å²) in [5.74, 6) is 0.0328. The van der Waals surface area contributed by atoms with Crippen LogP contribution in [0.2, 0.25) is 0 Å². The molecule has 0 fully saturated rings. The third-order valence-electron chi connectivity index (χ3n) is 1.55. The Labute approximate surface area is 91.1 Å². The standard InChI is InChI=1S/C10H21NO4/c1-10(12)9-15-8-7-14-6-5-13-4-3-11-2/h11H,3-9H2,1-2H3. The molecule has 0 aliphatic rings. The van der Waals surface area contributed by atoms with Crippen LogP contribution in [0.15, 0.2) is 0 Å². The lowest BCUT2D eigenvalue weighted by Crippen LogP contribution is -2.17. The molecular weight excluding hydrogens is 198 g/mol. The van der Waals surface area contributed by atoms with Crippen molar-refractivity contribution >= 4 is 5.78 Å². The maximum atomic E-state index is 10.5. The molecule has 0 aliphatic carbocycles. The first kappa shape index (κ1) is 14.5. The van der Waals surface area contributed by atoms with Crippen LogP contribution in [0, 0.1) is 0 Å². The molecule has 0 bridgehead atoms. The molecule has 0 aliphatic heterocycles. The molecule has 0 saturated carbocycles. The Bertz CT molecular complexity index is 152. The van der Waals surface area contributed by atoms with Gasteiger partial charge in [0.05, 0.1) is 33.0 Å². The van der Waals surface area contributed by atoms with Crippen LogP contribution in [-0.4, -0.2) is 59.0 Å². The van der Waals surface area contributed by atoms with Crippen molar-refractivity contribution < 1.29 is 19.0 Å². The highest BCUT2D eigenvalue weighted by Gasteiger charge is 1.93. The average Bonchev–Trinajstić information content (AvgIpc) is 2.20. The molecule has 0 spiro atoms. The number of likely N-dealkylation sites (N-methyl/N-ethyl adjacent to an activating group) is 1. The molecule has 0 atom stereocenters. The molecule has 0 aromatic carbocycles. The van der Waals surface area contributed by atoms with E-state index in [1.165, 1.54) is 6.92 Å². The highest BCUT2D eigenvalue weighted by Crippen LogP contribution is 1.81. The number of Topliss-reactive ketones (excluding diaryl/α,β-unsaturated/α-hetero) is 1. The molecule has 0 rings (SSSR count). The fourth-order valence-electron chi connectivity index (χ4n) is 0.830. The third-order valence-corrected chi connectivity index (χ3v) is 1.55. The van der Waals surface area contributed by atoms with Gasteiger partial charge < -0.3 is 19.5 Å². The van der Waals surface area contributed by atoms with E-state index in [9.17, 15) is 4.79 Å². The Morgan fingerprint density at radius 1 is 1.00 bits per heavy atom. The molecule has 15 heavy (non-hydrogen) atoms. The lowest BCUT2D eigenvalue weighted by atomic mass is 10.5. The number of rotatable bonds is 11. The topological polar surface area (TPSA) is 56.8 Å². The number of ketones is 1. The number of carbonyl (C=O) groups excluding carboxylic acids is 1. The molecule has 5 heteroatoms. The molecule has 90 valence electrons. The van der Waals surface area contributed by atoms with Gasteiger partial charge in [0.25, 0.3) is 0 Å². The van der Waals surface area contributed by atoms with Gasteiger partial charge in [-0.25, -0.2) is 0 Å². The van der Waals surface area contributed by atoms with Crippen LogP contribution in [0.4, 0.5) is 0 Å². The van der Waals surface area contributed by atoms with Gasteiger partial charge in [-0.1, -0.05) is 0 Å². The molecule has 0 unspecified atom stereocenters. The second-order valence-electron chi connectivity index (χ2n) is 3.08. The first-order valence-electron chi connectivity index (χ1n) is 5.14. The van der Waals surface area contributed by atoms with Crippen LogP contribution < -0.4 is 5.32 Å². The highest BCUT2D eigenvalue weighted by atomic mass is 16.5. The minimum atomic E-state index is 0.0328. The number of carbonyl (C=O) groups is 1. The smallest absolute Gasteiger partial charge is 0.155 e. The van der Waals surface area contributed by atoms with E-state index in [1.54, 1.807) is 0 Å².